The number of amides is 3. The predicted octanol–water partition coefficient (Wildman–Crippen LogP) is 1.67. The van der Waals surface area contributed by atoms with E-state index >= 15 is 0 Å². The lowest BCUT2D eigenvalue weighted by Crippen LogP contribution is -2.44. The lowest BCUT2D eigenvalue weighted by Gasteiger charge is -2.19. The third-order valence-corrected chi connectivity index (χ3v) is 5.02. The van der Waals surface area contributed by atoms with Crippen LogP contribution in [-0.4, -0.2) is 41.3 Å². The predicted molar refractivity (Wildman–Crippen MR) is 81.4 cm³/mol. The molecule has 0 unspecified atom stereocenters. The average molecular weight is 314 g/mol. The van der Waals surface area contributed by atoms with Gasteiger partial charge >= 0.3 is 6.03 Å². The Bertz CT molecular complexity index is 707. The molecule has 2 heterocycles. The maximum absolute atomic E-state index is 12.6. The standard InChI is InChI=1S/C17H18N2O4/c20-13(11-3-4-14-12(9-11)5-8-23-14)10-19-15(21)17(18-16(19)22)6-1-2-7-17/h3-4,9H,1-2,5-8,10H2,(H,18,22). The molecule has 23 heavy (non-hydrogen) atoms. The van der Waals surface area contributed by atoms with Gasteiger partial charge in [-0.05, 0) is 36.6 Å². The van der Waals surface area contributed by atoms with Gasteiger partial charge in [0.15, 0.2) is 5.78 Å². The fourth-order valence-electron chi connectivity index (χ4n) is 3.73. The van der Waals surface area contributed by atoms with Crippen LogP contribution in [0.3, 0.4) is 0 Å². The van der Waals surface area contributed by atoms with Gasteiger partial charge in [-0.2, -0.15) is 0 Å². The molecule has 4 rings (SSSR count). The summed E-state index contributed by atoms with van der Waals surface area (Å²) < 4.78 is 5.42. The summed E-state index contributed by atoms with van der Waals surface area (Å²) in [6.07, 6.45) is 3.97. The van der Waals surface area contributed by atoms with Crippen LogP contribution in [0.15, 0.2) is 18.2 Å². The van der Waals surface area contributed by atoms with Crippen LogP contribution < -0.4 is 10.1 Å². The summed E-state index contributed by atoms with van der Waals surface area (Å²) in [4.78, 5) is 38.2. The Labute approximate surface area is 133 Å². The quantitative estimate of drug-likeness (QED) is 0.680. The Kier molecular flexibility index (Phi) is 3.14. The molecule has 1 saturated carbocycles. The summed E-state index contributed by atoms with van der Waals surface area (Å²) >= 11 is 0. The molecule has 120 valence electrons. The molecule has 1 saturated heterocycles. The summed E-state index contributed by atoms with van der Waals surface area (Å²) in [5, 5.41) is 2.79. The van der Waals surface area contributed by atoms with Crippen LogP contribution in [0.2, 0.25) is 0 Å². The molecule has 1 N–H and O–H groups in total. The monoisotopic (exact) mass is 314 g/mol. The van der Waals surface area contributed by atoms with E-state index in [0.717, 1.165) is 35.5 Å². The fourth-order valence-corrected chi connectivity index (χ4v) is 3.73. The molecule has 0 bridgehead atoms. The van der Waals surface area contributed by atoms with Gasteiger partial charge in [0.2, 0.25) is 0 Å². The molecule has 1 aliphatic carbocycles. The number of hydrogen-bond donors (Lipinski definition) is 1. The first-order valence-electron chi connectivity index (χ1n) is 8.02. The number of nitrogens with zero attached hydrogens (tertiary/aromatic N) is 1. The highest BCUT2D eigenvalue weighted by atomic mass is 16.5. The van der Waals surface area contributed by atoms with E-state index in [4.69, 9.17) is 4.74 Å². The topological polar surface area (TPSA) is 75.7 Å². The molecular formula is C17H18N2O4. The van der Waals surface area contributed by atoms with Crippen molar-refractivity contribution >= 4 is 17.7 Å². The van der Waals surface area contributed by atoms with E-state index in [1.165, 1.54) is 0 Å². The van der Waals surface area contributed by atoms with Crippen LogP contribution in [-0.2, 0) is 11.2 Å². The van der Waals surface area contributed by atoms with Crippen LogP contribution in [0.25, 0.3) is 0 Å². The van der Waals surface area contributed by atoms with E-state index in [2.05, 4.69) is 5.32 Å². The van der Waals surface area contributed by atoms with Gasteiger partial charge in [0.05, 0.1) is 13.2 Å². The zero-order chi connectivity index (χ0) is 16.0. The number of urea groups is 1. The number of imide groups is 1. The molecule has 1 aromatic carbocycles. The normalized spacial score (nSPS) is 21.5. The molecule has 2 aliphatic heterocycles. The number of nitrogens with one attached hydrogen (secondary N) is 1. The Hall–Kier alpha value is -2.37. The summed E-state index contributed by atoms with van der Waals surface area (Å²) in [5.74, 6) is 0.331. The number of benzene rings is 1. The van der Waals surface area contributed by atoms with Gasteiger partial charge in [0.25, 0.3) is 5.91 Å². The third kappa shape index (κ3) is 2.20. The number of Topliss-reactive ketones (excluding diaryl/α,β-unsaturated/α-hetero) is 1. The van der Waals surface area contributed by atoms with Crippen LogP contribution in [0.1, 0.15) is 41.6 Å². The number of ether oxygens (including phenoxy) is 1. The smallest absolute Gasteiger partial charge is 0.325 e. The van der Waals surface area contributed by atoms with E-state index < -0.39 is 11.6 Å². The third-order valence-electron chi connectivity index (χ3n) is 5.02. The molecule has 1 spiro atoms. The van der Waals surface area contributed by atoms with Crippen molar-refractivity contribution in [3.63, 3.8) is 0 Å². The zero-order valence-electron chi connectivity index (χ0n) is 12.8. The van der Waals surface area contributed by atoms with Gasteiger partial charge in [-0.15, -0.1) is 0 Å². The second-order valence-corrected chi connectivity index (χ2v) is 6.45. The Morgan fingerprint density at radius 3 is 2.83 bits per heavy atom. The van der Waals surface area contributed by atoms with Crippen molar-refractivity contribution in [2.75, 3.05) is 13.2 Å². The minimum atomic E-state index is -0.761. The first-order valence-corrected chi connectivity index (χ1v) is 8.02. The minimum Gasteiger partial charge on any atom is -0.493 e. The molecule has 0 atom stereocenters. The van der Waals surface area contributed by atoms with Crippen molar-refractivity contribution in [3.05, 3.63) is 29.3 Å². The number of ketones is 1. The maximum atomic E-state index is 12.6. The number of hydrogen-bond acceptors (Lipinski definition) is 4. The van der Waals surface area contributed by atoms with Gasteiger partial charge in [-0.3, -0.25) is 14.5 Å². The van der Waals surface area contributed by atoms with Gasteiger partial charge in [-0.1, -0.05) is 12.8 Å². The van der Waals surface area contributed by atoms with E-state index in [0.29, 0.717) is 25.0 Å². The van der Waals surface area contributed by atoms with Crippen molar-refractivity contribution < 1.29 is 19.1 Å². The summed E-state index contributed by atoms with van der Waals surface area (Å²) in [5.41, 5.74) is 0.755. The van der Waals surface area contributed by atoms with Crippen molar-refractivity contribution in [1.82, 2.24) is 10.2 Å². The largest absolute Gasteiger partial charge is 0.493 e. The molecule has 6 heteroatoms. The second kappa shape index (κ2) is 5.08. The summed E-state index contributed by atoms with van der Waals surface area (Å²) in [6.45, 7) is 0.425. The Morgan fingerprint density at radius 1 is 1.26 bits per heavy atom. The average Bonchev–Trinajstić information content (AvgIpc) is 3.24. The van der Waals surface area contributed by atoms with E-state index in [1.807, 2.05) is 0 Å². The molecule has 0 radical (unpaired) electrons. The maximum Gasteiger partial charge on any atom is 0.325 e. The first kappa shape index (κ1) is 14.2. The summed E-state index contributed by atoms with van der Waals surface area (Å²) in [7, 11) is 0. The number of rotatable bonds is 3. The number of fused-ring (bicyclic) bond motifs is 1. The summed E-state index contributed by atoms with van der Waals surface area (Å²) in [6, 6.07) is 4.82. The lowest BCUT2D eigenvalue weighted by molar-refractivity contribution is -0.130. The van der Waals surface area contributed by atoms with Crippen molar-refractivity contribution in [3.8, 4) is 5.75 Å². The van der Waals surface area contributed by atoms with E-state index in [-0.39, 0.29) is 18.2 Å². The highest BCUT2D eigenvalue weighted by molar-refractivity contribution is 6.11. The van der Waals surface area contributed by atoms with Gasteiger partial charge in [0.1, 0.15) is 11.3 Å². The molecule has 6 nitrogen and oxygen atoms in total. The van der Waals surface area contributed by atoms with Crippen molar-refractivity contribution in [2.45, 2.75) is 37.6 Å². The highest BCUT2D eigenvalue weighted by Gasteiger charge is 2.52. The molecule has 0 aromatic heterocycles. The minimum absolute atomic E-state index is 0.202. The van der Waals surface area contributed by atoms with Gasteiger partial charge < -0.3 is 10.1 Å². The Morgan fingerprint density at radius 2 is 2.04 bits per heavy atom. The van der Waals surface area contributed by atoms with Crippen LogP contribution in [0.4, 0.5) is 4.79 Å². The first-order chi connectivity index (χ1) is 11.1. The molecular weight excluding hydrogens is 296 g/mol. The number of carbonyl (C=O) groups excluding carboxylic acids is 3. The second-order valence-electron chi connectivity index (χ2n) is 6.45. The zero-order valence-corrected chi connectivity index (χ0v) is 12.8. The van der Waals surface area contributed by atoms with Crippen molar-refractivity contribution in [1.29, 1.82) is 0 Å². The lowest BCUT2D eigenvalue weighted by atomic mass is 9.98. The van der Waals surface area contributed by atoms with Gasteiger partial charge in [-0.25, -0.2) is 4.79 Å². The van der Waals surface area contributed by atoms with Crippen LogP contribution in [0, 0.1) is 0 Å². The molecule has 1 aromatic rings. The molecule has 3 aliphatic rings. The molecule has 3 amide bonds. The number of carbonyl (C=O) groups is 3. The van der Waals surface area contributed by atoms with Gasteiger partial charge in [0, 0.05) is 12.0 Å². The Balaban J connectivity index is 1.52. The van der Waals surface area contributed by atoms with E-state index in [9.17, 15) is 14.4 Å². The van der Waals surface area contributed by atoms with E-state index in [1.54, 1.807) is 18.2 Å². The fraction of sp³-hybridized carbons (Fsp3) is 0.471. The highest BCUT2D eigenvalue weighted by Crippen LogP contribution is 2.35. The van der Waals surface area contributed by atoms with Crippen LogP contribution in [0.5, 0.6) is 5.75 Å². The SMILES string of the molecule is O=C(CN1C(=O)NC2(CCCC2)C1=O)c1ccc2c(c1)CCO2. The van der Waals surface area contributed by atoms with Crippen LogP contribution >= 0.6 is 0 Å². The van der Waals surface area contributed by atoms with Crippen molar-refractivity contribution in [2.24, 2.45) is 0 Å². The molecule has 2 fully saturated rings.